The summed E-state index contributed by atoms with van der Waals surface area (Å²) in [4.78, 5) is 0. The van der Waals surface area contributed by atoms with Crippen LogP contribution in [-0.4, -0.2) is 10.00 Å². The van der Waals surface area contributed by atoms with Gasteiger partial charge in [-0.25, -0.2) is 0 Å². The molecular formula is C16H22S. The normalized spacial score (nSPS) is 82.4. The predicted molar refractivity (Wildman–Crippen MR) is 70.9 cm³/mol. The van der Waals surface area contributed by atoms with Crippen molar-refractivity contribution in [3.8, 4) is 0 Å². The molecule has 0 aromatic carbocycles. The molecule has 92 valence electrons. The van der Waals surface area contributed by atoms with Crippen molar-refractivity contribution in [3.63, 3.8) is 0 Å². The Labute approximate surface area is 108 Å². The number of thioether (sulfide) groups is 1. The van der Waals surface area contributed by atoms with E-state index in [1.54, 1.807) is 12.8 Å². The zero-order valence-corrected chi connectivity index (χ0v) is 11.9. The van der Waals surface area contributed by atoms with Crippen LogP contribution in [0.4, 0.5) is 0 Å². The molecule has 0 aromatic rings. The van der Waals surface area contributed by atoms with Crippen LogP contribution < -0.4 is 0 Å². The van der Waals surface area contributed by atoms with Crippen LogP contribution in [0.2, 0.25) is 0 Å². The summed E-state index contributed by atoms with van der Waals surface area (Å²) < 4.78 is 0.788. The first-order chi connectivity index (χ1) is 8.17. The maximum Gasteiger partial charge on any atom is 0.0285 e. The second kappa shape index (κ2) is 1.96. The Morgan fingerprint density at radius 1 is 1.24 bits per heavy atom. The molecular weight excluding hydrogens is 224 g/mol. The van der Waals surface area contributed by atoms with E-state index in [-0.39, 0.29) is 0 Å². The van der Waals surface area contributed by atoms with Crippen molar-refractivity contribution in [2.24, 2.45) is 39.9 Å². The summed E-state index contributed by atoms with van der Waals surface area (Å²) in [6.45, 7) is 7.56. The van der Waals surface area contributed by atoms with Gasteiger partial charge >= 0.3 is 0 Å². The first kappa shape index (κ1) is 9.28. The predicted octanol–water partition coefficient (Wildman–Crippen LogP) is 3.95. The Morgan fingerprint density at radius 3 is 2.76 bits per heavy atom. The molecule has 1 heteroatoms. The quantitative estimate of drug-likeness (QED) is 0.679. The lowest BCUT2D eigenvalue weighted by Crippen LogP contribution is -2.35. The molecule has 0 N–H and O–H groups in total. The molecule has 0 amide bonds. The van der Waals surface area contributed by atoms with Crippen LogP contribution >= 0.6 is 11.8 Å². The summed E-state index contributed by atoms with van der Waals surface area (Å²) in [5.74, 6) is 4.82. The largest absolute Gasteiger partial charge is 0.149 e. The standard InChI is InChI=1S/C16H22S/c1-4-6-15-8-7-14(5-2)12(17-14)9(8)13(3)10-11(15)16(10,13)15/h8-12H,4-7H2,1-3H3/t8?,9?,10-,11?,12?,13?,14-,15?,16-/m0/s1. The van der Waals surface area contributed by atoms with Crippen molar-refractivity contribution in [1.82, 2.24) is 0 Å². The summed E-state index contributed by atoms with van der Waals surface area (Å²) in [6, 6.07) is 0. The minimum atomic E-state index is 0.788. The van der Waals surface area contributed by atoms with Crippen molar-refractivity contribution in [2.75, 3.05) is 0 Å². The molecule has 5 aliphatic carbocycles. The average Bonchev–Trinajstić information content (AvgIpc) is 3.22. The number of rotatable bonds is 3. The first-order valence-electron chi connectivity index (χ1n) is 7.84. The molecule has 0 bridgehead atoms. The van der Waals surface area contributed by atoms with Crippen LogP contribution in [0.15, 0.2) is 0 Å². The highest BCUT2D eigenvalue weighted by Crippen LogP contribution is 3.22. The van der Waals surface area contributed by atoms with Crippen molar-refractivity contribution < 1.29 is 0 Å². The Balaban J connectivity index is 1.48. The van der Waals surface area contributed by atoms with Gasteiger partial charge in [-0.15, -0.1) is 11.8 Å². The summed E-state index contributed by atoms with van der Waals surface area (Å²) in [5, 5.41) is 1.10. The van der Waals surface area contributed by atoms with E-state index >= 15 is 0 Å². The van der Waals surface area contributed by atoms with Crippen LogP contribution in [0.5, 0.6) is 0 Å². The molecule has 6 aliphatic rings. The smallest absolute Gasteiger partial charge is 0.0285 e. The van der Waals surface area contributed by atoms with Gasteiger partial charge in [0.1, 0.15) is 0 Å². The monoisotopic (exact) mass is 246 g/mol. The topological polar surface area (TPSA) is 0 Å². The Bertz CT molecular complexity index is 486. The molecule has 6 unspecified atom stereocenters. The molecule has 5 saturated carbocycles. The maximum atomic E-state index is 2.70. The highest BCUT2D eigenvalue weighted by molar-refractivity contribution is 8.08. The molecule has 1 spiro atoms. The van der Waals surface area contributed by atoms with Crippen LogP contribution in [0.3, 0.4) is 0 Å². The van der Waals surface area contributed by atoms with E-state index in [1.165, 1.54) is 30.6 Å². The third-order valence-corrected chi connectivity index (χ3v) is 10.6. The maximum absolute atomic E-state index is 2.70. The third-order valence-electron chi connectivity index (χ3n) is 8.67. The summed E-state index contributed by atoms with van der Waals surface area (Å²) in [5.41, 5.74) is 2.75. The Kier molecular flexibility index (Phi) is 1.07. The van der Waals surface area contributed by atoms with Crippen LogP contribution in [0, 0.1) is 39.9 Å². The summed E-state index contributed by atoms with van der Waals surface area (Å²) in [7, 11) is 0. The van der Waals surface area contributed by atoms with Crippen molar-refractivity contribution in [1.29, 1.82) is 0 Å². The molecule has 6 rings (SSSR count). The SMILES string of the molecule is CCCC12C3C[C@]4(CC)SC4C3C3(C)[C@@H]4C1[C@]423. The second-order valence-electron chi connectivity index (χ2n) is 8.19. The van der Waals surface area contributed by atoms with Crippen molar-refractivity contribution in [2.45, 2.75) is 56.5 Å². The van der Waals surface area contributed by atoms with E-state index in [9.17, 15) is 0 Å². The van der Waals surface area contributed by atoms with Crippen LogP contribution in [0.25, 0.3) is 0 Å². The van der Waals surface area contributed by atoms with Gasteiger partial charge in [0, 0.05) is 10.00 Å². The fraction of sp³-hybridized carbons (Fsp3) is 1.00. The van der Waals surface area contributed by atoms with Crippen LogP contribution in [0.1, 0.15) is 46.5 Å². The van der Waals surface area contributed by atoms with Crippen molar-refractivity contribution >= 4 is 11.8 Å². The molecule has 0 nitrogen and oxygen atoms in total. The molecule has 1 heterocycles. The first-order valence-corrected chi connectivity index (χ1v) is 8.72. The van der Waals surface area contributed by atoms with Gasteiger partial charge < -0.3 is 0 Å². The van der Waals surface area contributed by atoms with E-state index in [2.05, 4.69) is 32.5 Å². The minimum Gasteiger partial charge on any atom is -0.149 e. The lowest BCUT2D eigenvalue weighted by molar-refractivity contribution is 0.108. The van der Waals surface area contributed by atoms with E-state index in [4.69, 9.17) is 0 Å². The highest BCUT2D eigenvalue weighted by Gasteiger charge is 3.19. The van der Waals surface area contributed by atoms with Crippen LogP contribution in [-0.2, 0) is 0 Å². The van der Waals surface area contributed by atoms with E-state index in [0.29, 0.717) is 0 Å². The van der Waals surface area contributed by atoms with Gasteiger partial charge in [-0.05, 0) is 59.2 Å². The molecule has 1 saturated heterocycles. The summed E-state index contributed by atoms with van der Waals surface area (Å²) in [6.07, 6.45) is 6.10. The molecule has 0 aromatic heterocycles. The number of hydrogen-bond acceptors (Lipinski definition) is 1. The fourth-order valence-corrected chi connectivity index (χ4v) is 10.3. The number of fused-ring (bicyclic) bond motifs is 8. The van der Waals surface area contributed by atoms with Gasteiger partial charge in [0.2, 0.25) is 0 Å². The minimum absolute atomic E-state index is 0.788. The molecule has 6 fully saturated rings. The molecule has 0 radical (unpaired) electrons. The lowest BCUT2D eigenvalue weighted by atomic mass is 9.67. The summed E-state index contributed by atoms with van der Waals surface area (Å²) >= 11 is 2.38. The Morgan fingerprint density at radius 2 is 2.06 bits per heavy atom. The van der Waals surface area contributed by atoms with Gasteiger partial charge in [0.05, 0.1) is 0 Å². The van der Waals surface area contributed by atoms with Gasteiger partial charge in [0.25, 0.3) is 0 Å². The van der Waals surface area contributed by atoms with Gasteiger partial charge in [-0.1, -0.05) is 27.2 Å². The van der Waals surface area contributed by atoms with E-state index in [0.717, 1.165) is 32.2 Å². The van der Waals surface area contributed by atoms with Gasteiger partial charge in [0.15, 0.2) is 0 Å². The fourth-order valence-electron chi connectivity index (χ4n) is 8.43. The Hall–Kier alpha value is 0.350. The lowest BCUT2D eigenvalue weighted by Gasteiger charge is -2.38. The second-order valence-corrected chi connectivity index (χ2v) is 9.75. The van der Waals surface area contributed by atoms with Gasteiger partial charge in [-0.2, -0.15) is 0 Å². The molecule has 9 atom stereocenters. The average molecular weight is 246 g/mol. The third kappa shape index (κ3) is 0.509. The van der Waals surface area contributed by atoms with Crippen molar-refractivity contribution in [3.05, 3.63) is 0 Å². The highest BCUT2D eigenvalue weighted by atomic mass is 32.2. The molecule has 1 aliphatic heterocycles. The number of hydrogen-bond donors (Lipinski definition) is 0. The van der Waals surface area contributed by atoms with Gasteiger partial charge in [-0.3, -0.25) is 0 Å². The van der Waals surface area contributed by atoms with E-state index < -0.39 is 0 Å². The zero-order valence-electron chi connectivity index (χ0n) is 11.1. The van der Waals surface area contributed by atoms with E-state index in [1.807, 2.05) is 0 Å². The molecule has 17 heavy (non-hydrogen) atoms. The zero-order chi connectivity index (χ0) is 11.4.